The van der Waals surface area contributed by atoms with Gasteiger partial charge in [0, 0.05) is 33.1 Å². The molecule has 0 N–H and O–H groups in total. The quantitative estimate of drug-likeness (QED) is 0.680. The van der Waals surface area contributed by atoms with Gasteiger partial charge in [0.05, 0.1) is 0 Å². The molecule has 0 radical (unpaired) electrons. The van der Waals surface area contributed by atoms with Crippen LogP contribution in [0.3, 0.4) is 0 Å². The number of hydrogen-bond acceptors (Lipinski definition) is 2. The van der Waals surface area contributed by atoms with E-state index in [1.165, 1.54) is 13.0 Å². The molecule has 0 aromatic rings. The Hall–Kier alpha value is -0.570. The summed E-state index contributed by atoms with van der Waals surface area (Å²) in [5, 5.41) is 0. The highest BCUT2D eigenvalue weighted by atomic mass is 16.2. The van der Waals surface area contributed by atoms with Gasteiger partial charge in [-0.15, -0.1) is 0 Å². The Morgan fingerprint density at radius 1 is 1.21 bits per heavy atom. The fourth-order valence-electron chi connectivity index (χ4n) is 1.73. The zero-order valence-corrected chi connectivity index (χ0v) is 9.62. The van der Waals surface area contributed by atoms with Gasteiger partial charge in [0.2, 0.25) is 5.91 Å². The minimum atomic E-state index is 0.216. The normalized spacial score (nSPS) is 19.0. The average molecular weight is 198 g/mol. The van der Waals surface area contributed by atoms with Gasteiger partial charge in [0.1, 0.15) is 0 Å². The summed E-state index contributed by atoms with van der Waals surface area (Å²) in [5.41, 5.74) is 0. The van der Waals surface area contributed by atoms with Gasteiger partial charge in [-0.3, -0.25) is 9.69 Å². The lowest BCUT2D eigenvalue weighted by Crippen LogP contribution is -2.48. The second-order valence-corrected chi connectivity index (χ2v) is 4.53. The molecule has 0 atom stereocenters. The van der Waals surface area contributed by atoms with Crippen LogP contribution in [0.4, 0.5) is 0 Å². The van der Waals surface area contributed by atoms with E-state index in [0.29, 0.717) is 0 Å². The molecular formula is C11H22N2O. The summed E-state index contributed by atoms with van der Waals surface area (Å²) in [6.45, 7) is 11.3. The van der Waals surface area contributed by atoms with Crippen molar-refractivity contribution in [3.63, 3.8) is 0 Å². The maximum absolute atomic E-state index is 11.1. The number of amides is 1. The fraction of sp³-hybridized carbons (Fsp3) is 0.909. The Bertz CT molecular complexity index is 184. The van der Waals surface area contributed by atoms with E-state index in [9.17, 15) is 4.79 Å². The number of carbonyl (C=O) groups is 1. The summed E-state index contributed by atoms with van der Waals surface area (Å²) < 4.78 is 0. The highest BCUT2D eigenvalue weighted by molar-refractivity contribution is 5.73. The second-order valence-electron chi connectivity index (χ2n) is 4.53. The van der Waals surface area contributed by atoms with E-state index in [1.54, 1.807) is 6.92 Å². The molecule has 1 saturated heterocycles. The molecule has 1 heterocycles. The van der Waals surface area contributed by atoms with Crippen LogP contribution in [0.2, 0.25) is 0 Å². The van der Waals surface area contributed by atoms with E-state index < -0.39 is 0 Å². The minimum Gasteiger partial charge on any atom is -0.340 e. The van der Waals surface area contributed by atoms with Gasteiger partial charge in [-0.25, -0.2) is 0 Å². The largest absolute Gasteiger partial charge is 0.340 e. The molecule has 0 aromatic carbocycles. The van der Waals surface area contributed by atoms with Gasteiger partial charge in [-0.2, -0.15) is 0 Å². The van der Waals surface area contributed by atoms with Crippen LogP contribution in [0.5, 0.6) is 0 Å². The first-order valence-corrected chi connectivity index (χ1v) is 5.57. The lowest BCUT2D eigenvalue weighted by Gasteiger charge is -2.34. The molecule has 82 valence electrons. The van der Waals surface area contributed by atoms with E-state index >= 15 is 0 Å². The van der Waals surface area contributed by atoms with Crippen LogP contribution in [0.1, 0.15) is 27.2 Å². The first-order chi connectivity index (χ1) is 6.59. The molecular weight excluding hydrogens is 176 g/mol. The number of nitrogens with zero attached hydrogens (tertiary/aromatic N) is 2. The summed E-state index contributed by atoms with van der Waals surface area (Å²) in [6, 6.07) is 0. The van der Waals surface area contributed by atoms with Crippen molar-refractivity contribution in [1.29, 1.82) is 0 Å². The number of hydrogen-bond donors (Lipinski definition) is 0. The molecule has 14 heavy (non-hydrogen) atoms. The molecule has 0 bridgehead atoms. The van der Waals surface area contributed by atoms with Crippen LogP contribution in [0, 0.1) is 5.92 Å². The summed E-state index contributed by atoms with van der Waals surface area (Å²) in [5.74, 6) is 0.995. The fourth-order valence-corrected chi connectivity index (χ4v) is 1.73. The molecule has 3 heteroatoms. The lowest BCUT2D eigenvalue weighted by atomic mass is 10.1. The van der Waals surface area contributed by atoms with Crippen LogP contribution < -0.4 is 0 Å². The van der Waals surface area contributed by atoms with Crippen LogP contribution in [-0.4, -0.2) is 48.4 Å². The zero-order chi connectivity index (χ0) is 10.6. The van der Waals surface area contributed by atoms with Crippen molar-refractivity contribution in [2.75, 3.05) is 32.7 Å². The summed E-state index contributed by atoms with van der Waals surface area (Å²) in [4.78, 5) is 15.5. The smallest absolute Gasteiger partial charge is 0.219 e. The third-order valence-corrected chi connectivity index (χ3v) is 2.84. The average Bonchev–Trinajstić information content (AvgIpc) is 2.15. The Balaban J connectivity index is 2.19. The minimum absolute atomic E-state index is 0.216. The Labute approximate surface area is 87.1 Å². The van der Waals surface area contributed by atoms with E-state index in [4.69, 9.17) is 0 Å². The van der Waals surface area contributed by atoms with E-state index in [0.717, 1.165) is 32.1 Å². The topological polar surface area (TPSA) is 23.6 Å². The third kappa shape index (κ3) is 3.66. The summed E-state index contributed by atoms with van der Waals surface area (Å²) >= 11 is 0. The van der Waals surface area contributed by atoms with Crippen LogP contribution in [0.15, 0.2) is 0 Å². The van der Waals surface area contributed by atoms with Crippen molar-refractivity contribution >= 4 is 5.91 Å². The van der Waals surface area contributed by atoms with Crippen molar-refractivity contribution in [2.45, 2.75) is 27.2 Å². The van der Waals surface area contributed by atoms with E-state index in [-0.39, 0.29) is 5.91 Å². The summed E-state index contributed by atoms with van der Waals surface area (Å²) in [7, 11) is 0. The first kappa shape index (κ1) is 11.5. The molecule has 0 aliphatic carbocycles. The van der Waals surface area contributed by atoms with Crippen molar-refractivity contribution in [1.82, 2.24) is 9.80 Å². The maximum atomic E-state index is 11.1. The van der Waals surface area contributed by atoms with Gasteiger partial charge >= 0.3 is 0 Å². The molecule has 0 unspecified atom stereocenters. The Morgan fingerprint density at radius 2 is 1.79 bits per heavy atom. The lowest BCUT2D eigenvalue weighted by molar-refractivity contribution is -0.130. The number of piperazine rings is 1. The SMILES string of the molecule is CC(=O)N1CCN(CCC(C)C)CC1. The monoisotopic (exact) mass is 198 g/mol. The van der Waals surface area contributed by atoms with E-state index in [2.05, 4.69) is 18.7 Å². The molecule has 1 aliphatic rings. The van der Waals surface area contributed by atoms with Crippen molar-refractivity contribution in [3.05, 3.63) is 0 Å². The third-order valence-electron chi connectivity index (χ3n) is 2.84. The zero-order valence-electron chi connectivity index (χ0n) is 9.62. The highest BCUT2D eigenvalue weighted by Crippen LogP contribution is 2.06. The molecule has 1 fully saturated rings. The molecule has 3 nitrogen and oxygen atoms in total. The van der Waals surface area contributed by atoms with E-state index in [1.807, 2.05) is 4.90 Å². The van der Waals surface area contributed by atoms with Crippen LogP contribution >= 0.6 is 0 Å². The van der Waals surface area contributed by atoms with Crippen LogP contribution in [0.25, 0.3) is 0 Å². The Morgan fingerprint density at radius 3 is 2.21 bits per heavy atom. The summed E-state index contributed by atoms with van der Waals surface area (Å²) in [6.07, 6.45) is 1.26. The van der Waals surface area contributed by atoms with Crippen molar-refractivity contribution < 1.29 is 4.79 Å². The first-order valence-electron chi connectivity index (χ1n) is 5.57. The van der Waals surface area contributed by atoms with Gasteiger partial charge in [-0.05, 0) is 18.9 Å². The molecule has 1 amide bonds. The predicted octanol–water partition coefficient (Wildman–Crippen LogP) is 1.20. The second kappa shape index (κ2) is 5.35. The highest BCUT2D eigenvalue weighted by Gasteiger charge is 2.17. The number of carbonyl (C=O) groups excluding carboxylic acids is 1. The molecule has 0 aromatic heterocycles. The number of rotatable bonds is 3. The maximum Gasteiger partial charge on any atom is 0.219 e. The molecule has 0 saturated carbocycles. The van der Waals surface area contributed by atoms with Crippen molar-refractivity contribution in [2.24, 2.45) is 5.92 Å². The Kier molecular flexibility index (Phi) is 4.39. The molecule has 1 aliphatic heterocycles. The molecule has 0 spiro atoms. The molecule has 1 rings (SSSR count). The van der Waals surface area contributed by atoms with Gasteiger partial charge in [0.25, 0.3) is 0 Å². The van der Waals surface area contributed by atoms with Crippen molar-refractivity contribution in [3.8, 4) is 0 Å². The van der Waals surface area contributed by atoms with Gasteiger partial charge in [0.15, 0.2) is 0 Å². The standard InChI is InChI=1S/C11H22N2O/c1-10(2)4-5-12-6-8-13(9-7-12)11(3)14/h10H,4-9H2,1-3H3. The van der Waals surface area contributed by atoms with Crippen LogP contribution in [-0.2, 0) is 4.79 Å². The van der Waals surface area contributed by atoms with Gasteiger partial charge < -0.3 is 4.90 Å². The predicted molar refractivity (Wildman–Crippen MR) is 58.1 cm³/mol. The van der Waals surface area contributed by atoms with Gasteiger partial charge in [-0.1, -0.05) is 13.8 Å².